The van der Waals surface area contributed by atoms with Gasteiger partial charge in [-0.3, -0.25) is 0 Å². The Morgan fingerprint density at radius 3 is 2.84 bits per heavy atom. The van der Waals surface area contributed by atoms with E-state index in [0.717, 1.165) is 25.2 Å². The van der Waals surface area contributed by atoms with Crippen molar-refractivity contribution in [3.8, 4) is 0 Å². The molecule has 0 amide bonds. The van der Waals surface area contributed by atoms with Gasteiger partial charge in [-0.1, -0.05) is 12.1 Å². The van der Waals surface area contributed by atoms with Crippen molar-refractivity contribution >= 4 is 5.69 Å². The third kappa shape index (κ3) is 2.43. The van der Waals surface area contributed by atoms with Crippen LogP contribution in [0.4, 0.5) is 18.9 Å². The maximum atomic E-state index is 12.8. The van der Waals surface area contributed by atoms with Crippen molar-refractivity contribution in [3.05, 3.63) is 29.3 Å². The number of anilines is 1. The summed E-state index contributed by atoms with van der Waals surface area (Å²) in [6.07, 6.45) is -2.95. The predicted molar refractivity (Wildman–Crippen MR) is 68.2 cm³/mol. The monoisotopic (exact) mass is 270 g/mol. The van der Waals surface area contributed by atoms with E-state index in [1.165, 1.54) is 11.1 Å². The molecular weight excluding hydrogens is 253 g/mol. The topological polar surface area (TPSA) is 15.3 Å². The van der Waals surface area contributed by atoms with Gasteiger partial charge in [0.05, 0.1) is 5.92 Å². The molecule has 1 saturated heterocycles. The average molecular weight is 270 g/mol. The quantitative estimate of drug-likeness (QED) is 0.844. The van der Waals surface area contributed by atoms with Crippen LogP contribution < -0.4 is 10.2 Å². The maximum Gasteiger partial charge on any atom is 0.393 e. The Labute approximate surface area is 110 Å². The van der Waals surface area contributed by atoms with Crippen molar-refractivity contribution in [3.63, 3.8) is 0 Å². The molecule has 2 aliphatic heterocycles. The van der Waals surface area contributed by atoms with E-state index in [9.17, 15) is 13.2 Å². The molecule has 1 atom stereocenters. The molecule has 0 saturated carbocycles. The van der Waals surface area contributed by atoms with Gasteiger partial charge in [-0.2, -0.15) is 13.2 Å². The lowest BCUT2D eigenvalue weighted by atomic mass is 9.98. The van der Waals surface area contributed by atoms with E-state index >= 15 is 0 Å². The first-order valence-electron chi connectivity index (χ1n) is 6.69. The summed E-state index contributed by atoms with van der Waals surface area (Å²) in [4.78, 5) is 1.91. The highest BCUT2D eigenvalue weighted by Gasteiger charge is 2.43. The van der Waals surface area contributed by atoms with Gasteiger partial charge in [-0.15, -0.1) is 0 Å². The minimum absolute atomic E-state index is 0.105. The van der Waals surface area contributed by atoms with Gasteiger partial charge in [-0.05, 0) is 36.6 Å². The van der Waals surface area contributed by atoms with Crippen LogP contribution in [0.2, 0.25) is 0 Å². The number of nitrogens with one attached hydrogen (secondary N) is 1. The van der Waals surface area contributed by atoms with Crippen molar-refractivity contribution in [2.45, 2.75) is 25.6 Å². The number of benzene rings is 1. The second-order valence-corrected chi connectivity index (χ2v) is 5.31. The highest BCUT2D eigenvalue weighted by atomic mass is 19.4. The molecule has 0 spiro atoms. The molecule has 3 rings (SSSR count). The van der Waals surface area contributed by atoms with E-state index in [0.29, 0.717) is 6.54 Å². The number of hydrogen-bond acceptors (Lipinski definition) is 2. The molecule has 2 nitrogen and oxygen atoms in total. The molecule has 0 radical (unpaired) electrons. The SMILES string of the molecule is FC(F)(F)C1CCN(c2cccc3c2CCNC3)C1. The van der Waals surface area contributed by atoms with Crippen molar-refractivity contribution in [2.24, 2.45) is 5.92 Å². The lowest BCUT2D eigenvalue weighted by Gasteiger charge is -2.27. The van der Waals surface area contributed by atoms with Gasteiger partial charge in [-0.25, -0.2) is 0 Å². The first kappa shape index (κ1) is 12.8. The molecule has 1 aromatic rings. The Kier molecular flexibility index (Phi) is 3.17. The van der Waals surface area contributed by atoms with Crippen LogP contribution in [0.25, 0.3) is 0 Å². The molecule has 19 heavy (non-hydrogen) atoms. The Balaban J connectivity index is 1.84. The normalized spacial score (nSPS) is 23.5. The van der Waals surface area contributed by atoms with Crippen LogP contribution in [0.5, 0.6) is 0 Å². The number of nitrogens with zero attached hydrogens (tertiary/aromatic N) is 1. The third-order valence-electron chi connectivity index (χ3n) is 4.11. The summed E-state index contributed by atoms with van der Waals surface area (Å²) in [7, 11) is 0. The number of halogens is 3. The van der Waals surface area contributed by atoms with E-state index in [1.807, 2.05) is 17.0 Å². The van der Waals surface area contributed by atoms with E-state index in [-0.39, 0.29) is 13.0 Å². The number of alkyl halides is 3. The standard InChI is InChI=1S/C14H17F3N2/c15-14(16,17)11-5-7-19(9-11)13-3-1-2-10-8-18-6-4-12(10)13/h1-3,11,18H,4-9H2. The van der Waals surface area contributed by atoms with Gasteiger partial charge in [0.25, 0.3) is 0 Å². The van der Waals surface area contributed by atoms with Crippen LogP contribution in [0.3, 0.4) is 0 Å². The van der Waals surface area contributed by atoms with Crippen LogP contribution in [-0.4, -0.2) is 25.8 Å². The molecular formula is C14H17F3N2. The molecule has 0 aliphatic carbocycles. The Morgan fingerprint density at radius 1 is 1.26 bits per heavy atom. The van der Waals surface area contributed by atoms with Crippen LogP contribution in [-0.2, 0) is 13.0 Å². The second-order valence-electron chi connectivity index (χ2n) is 5.31. The van der Waals surface area contributed by atoms with Gasteiger partial charge < -0.3 is 10.2 Å². The van der Waals surface area contributed by atoms with Gasteiger partial charge in [0, 0.05) is 25.3 Å². The molecule has 2 heterocycles. The third-order valence-corrected chi connectivity index (χ3v) is 4.11. The van der Waals surface area contributed by atoms with Crippen molar-refractivity contribution in [1.82, 2.24) is 5.32 Å². The van der Waals surface area contributed by atoms with Gasteiger partial charge >= 0.3 is 6.18 Å². The molecule has 5 heteroatoms. The highest BCUT2D eigenvalue weighted by Crippen LogP contribution is 2.37. The van der Waals surface area contributed by atoms with Crippen molar-refractivity contribution < 1.29 is 13.2 Å². The number of fused-ring (bicyclic) bond motifs is 1. The zero-order chi connectivity index (χ0) is 13.5. The Morgan fingerprint density at radius 2 is 2.11 bits per heavy atom. The second kappa shape index (κ2) is 4.71. The molecule has 0 aromatic heterocycles. The summed E-state index contributed by atoms with van der Waals surface area (Å²) in [5.41, 5.74) is 3.45. The number of hydrogen-bond donors (Lipinski definition) is 1. The first-order valence-corrected chi connectivity index (χ1v) is 6.69. The van der Waals surface area contributed by atoms with Crippen LogP contribution in [0, 0.1) is 5.92 Å². The van der Waals surface area contributed by atoms with Crippen LogP contribution >= 0.6 is 0 Å². The molecule has 0 bridgehead atoms. The maximum absolute atomic E-state index is 12.8. The first-order chi connectivity index (χ1) is 9.05. The van der Waals surface area contributed by atoms with Crippen molar-refractivity contribution in [1.29, 1.82) is 0 Å². The average Bonchev–Trinajstić information content (AvgIpc) is 2.87. The molecule has 1 N–H and O–H groups in total. The fourth-order valence-corrected chi connectivity index (χ4v) is 3.05. The van der Waals surface area contributed by atoms with Crippen LogP contribution in [0.1, 0.15) is 17.5 Å². The zero-order valence-electron chi connectivity index (χ0n) is 10.6. The lowest BCUT2D eigenvalue weighted by Crippen LogP contribution is -2.30. The van der Waals surface area contributed by atoms with Crippen molar-refractivity contribution in [2.75, 3.05) is 24.5 Å². The zero-order valence-corrected chi connectivity index (χ0v) is 10.6. The molecule has 1 aromatic carbocycles. The summed E-state index contributed by atoms with van der Waals surface area (Å²) in [5.74, 6) is -1.18. The minimum atomic E-state index is -4.06. The highest BCUT2D eigenvalue weighted by molar-refractivity contribution is 5.58. The summed E-state index contributed by atoms with van der Waals surface area (Å²) in [6, 6.07) is 5.97. The molecule has 104 valence electrons. The van der Waals surface area contributed by atoms with E-state index in [2.05, 4.69) is 11.4 Å². The van der Waals surface area contributed by atoms with Gasteiger partial charge in [0.2, 0.25) is 0 Å². The number of rotatable bonds is 1. The fraction of sp³-hybridized carbons (Fsp3) is 0.571. The largest absolute Gasteiger partial charge is 0.393 e. The lowest BCUT2D eigenvalue weighted by molar-refractivity contribution is -0.168. The summed E-state index contributed by atoms with van der Waals surface area (Å²) in [5, 5.41) is 3.29. The Bertz CT molecular complexity index is 470. The van der Waals surface area contributed by atoms with Gasteiger partial charge in [0.1, 0.15) is 0 Å². The summed E-state index contributed by atoms with van der Waals surface area (Å²) < 4.78 is 38.3. The summed E-state index contributed by atoms with van der Waals surface area (Å²) >= 11 is 0. The minimum Gasteiger partial charge on any atom is -0.371 e. The van der Waals surface area contributed by atoms with E-state index < -0.39 is 12.1 Å². The van der Waals surface area contributed by atoms with Gasteiger partial charge in [0.15, 0.2) is 0 Å². The molecule has 1 fully saturated rings. The predicted octanol–water partition coefficient (Wildman–Crippen LogP) is 2.72. The van der Waals surface area contributed by atoms with E-state index in [4.69, 9.17) is 0 Å². The molecule has 1 unspecified atom stereocenters. The Hall–Kier alpha value is -1.23. The van der Waals surface area contributed by atoms with E-state index in [1.54, 1.807) is 0 Å². The fourth-order valence-electron chi connectivity index (χ4n) is 3.05. The smallest absolute Gasteiger partial charge is 0.371 e. The molecule has 2 aliphatic rings. The summed E-state index contributed by atoms with van der Waals surface area (Å²) in [6.45, 7) is 2.34. The van der Waals surface area contributed by atoms with Crippen LogP contribution in [0.15, 0.2) is 18.2 Å².